The lowest BCUT2D eigenvalue weighted by Gasteiger charge is -2.28. The van der Waals surface area contributed by atoms with Crippen LogP contribution in [0.2, 0.25) is 0 Å². The molecule has 0 atom stereocenters. The smallest absolute Gasteiger partial charge is 0.0250 e. The molecule has 0 bridgehead atoms. The van der Waals surface area contributed by atoms with Crippen LogP contribution in [-0.2, 0) is 25.7 Å². The number of unbranched alkanes of at least 4 members (excludes halogenated alkanes) is 6. The van der Waals surface area contributed by atoms with Crippen molar-refractivity contribution in [2.24, 2.45) is 11.8 Å². The molecular formula is C32H48. The van der Waals surface area contributed by atoms with Gasteiger partial charge >= 0.3 is 0 Å². The highest BCUT2D eigenvalue weighted by atomic mass is 14.3. The number of hydrogen-bond donors (Lipinski definition) is 0. The van der Waals surface area contributed by atoms with E-state index in [1.54, 1.807) is 11.1 Å². The summed E-state index contributed by atoms with van der Waals surface area (Å²) in [6, 6.07) is 19.2. The van der Waals surface area contributed by atoms with Gasteiger partial charge in [0.25, 0.3) is 0 Å². The normalized spacial score (nSPS) is 18.7. The second-order valence-electron chi connectivity index (χ2n) is 10.5. The minimum Gasteiger partial charge on any atom is -0.0654 e. The maximum atomic E-state index is 2.41. The first-order valence-electron chi connectivity index (χ1n) is 13.9. The molecule has 0 aromatic heterocycles. The fraction of sp³-hybridized carbons (Fsp3) is 0.625. The molecule has 0 unspecified atom stereocenters. The Morgan fingerprint density at radius 2 is 0.812 bits per heavy atom. The molecule has 2 aromatic carbocycles. The van der Waals surface area contributed by atoms with Crippen molar-refractivity contribution in [2.75, 3.05) is 0 Å². The monoisotopic (exact) mass is 432 g/mol. The second kappa shape index (κ2) is 14.6. The lowest BCUT2D eigenvalue weighted by atomic mass is 9.77. The summed E-state index contributed by atoms with van der Waals surface area (Å²) in [6.45, 7) is 4.57. The standard InChI is InChI=1S/C32H48/c1-3-5-7-9-11-27-13-17-29(18-14-27)25-31-21-23-32(24-22-31)26-30-19-15-28(16-20-30)12-10-8-6-4-2/h13-20,31-32H,3-12,21-26H2,1-2H3. The lowest BCUT2D eigenvalue weighted by Crippen LogP contribution is -2.18. The van der Waals surface area contributed by atoms with Gasteiger partial charge < -0.3 is 0 Å². The van der Waals surface area contributed by atoms with E-state index in [1.165, 1.54) is 114 Å². The maximum absolute atomic E-state index is 2.41. The molecule has 0 aliphatic heterocycles. The van der Waals surface area contributed by atoms with E-state index in [-0.39, 0.29) is 0 Å². The number of rotatable bonds is 14. The van der Waals surface area contributed by atoms with Gasteiger partial charge in [-0.05, 0) is 98.3 Å². The third kappa shape index (κ3) is 9.13. The van der Waals surface area contributed by atoms with E-state index in [0.29, 0.717) is 0 Å². The summed E-state index contributed by atoms with van der Waals surface area (Å²) < 4.78 is 0. The molecule has 176 valence electrons. The Bertz CT molecular complexity index is 650. The van der Waals surface area contributed by atoms with Gasteiger partial charge in [0, 0.05) is 0 Å². The van der Waals surface area contributed by atoms with Gasteiger partial charge in [-0.2, -0.15) is 0 Å². The van der Waals surface area contributed by atoms with Crippen LogP contribution in [-0.4, -0.2) is 0 Å². The Labute approximate surface area is 199 Å². The van der Waals surface area contributed by atoms with E-state index in [0.717, 1.165) is 11.8 Å². The summed E-state index contributed by atoms with van der Waals surface area (Å²) in [4.78, 5) is 0. The van der Waals surface area contributed by atoms with E-state index in [1.807, 2.05) is 0 Å². The Morgan fingerprint density at radius 3 is 1.16 bits per heavy atom. The van der Waals surface area contributed by atoms with Gasteiger partial charge in [0.15, 0.2) is 0 Å². The highest BCUT2D eigenvalue weighted by molar-refractivity contribution is 5.24. The van der Waals surface area contributed by atoms with Crippen LogP contribution >= 0.6 is 0 Å². The molecule has 0 nitrogen and oxygen atoms in total. The summed E-state index contributed by atoms with van der Waals surface area (Å²) >= 11 is 0. The van der Waals surface area contributed by atoms with Crippen LogP contribution in [0, 0.1) is 11.8 Å². The quantitative estimate of drug-likeness (QED) is 0.261. The summed E-state index contributed by atoms with van der Waals surface area (Å²) in [5, 5.41) is 0. The first-order valence-corrected chi connectivity index (χ1v) is 13.9. The van der Waals surface area contributed by atoms with Crippen molar-refractivity contribution in [1.29, 1.82) is 0 Å². The van der Waals surface area contributed by atoms with Crippen molar-refractivity contribution in [3.05, 3.63) is 70.8 Å². The van der Waals surface area contributed by atoms with E-state index in [9.17, 15) is 0 Å². The first kappa shape index (κ1) is 25.1. The van der Waals surface area contributed by atoms with E-state index in [4.69, 9.17) is 0 Å². The van der Waals surface area contributed by atoms with Gasteiger partial charge in [0.1, 0.15) is 0 Å². The van der Waals surface area contributed by atoms with Crippen molar-refractivity contribution < 1.29 is 0 Å². The van der Waals surface area contributed by atoms with Gasteiger partial charge in [-0.1, -0.05) is 101 Å². The zero-order valence-corrected chi connectivity index (χ0v) is 21.1. The van der Waals surface area contributed by atoms with Gasteiger partial charge in [-0.3, -0.25) is 0 Å². The van der Waals surface area contributed by atoms with Crippen molar-refractivity contribution in [3.8, 4) is 0 Å². The lowest BCUT2D eigenvalue weighted by molar-refractivity contribution is 0.272. The van der Waals surface area contributed by atoms with E-state index >= 15 is 0 Å². The molecule has 2 aromatic rings. The molecule has 0 heterocycles. The summed E-state index contributed by atoms with van der Waals surface area (Å²) in [7, 11) is 0. The molecule has 1 saturated carbocycles. The summed E-state index contributed by atoms with van der Waals surface area (Å²) in [5.74, 6) is 1.79. The number of benzene rings is 2. The maximum Gasteiger partial charge on any atom is -0.0250 e. The molecule has 1 aliphatic rings. The van der Waals surface area contributed by atoms with Crippen LogP contribution in [0.25, 0.3) is 0 Å². The third-order valence-electron chi connectivity index (χ3n) is 7.70. The molecule has 3 rings (SSSR count). The molecule has 0 amide bonds. The van der Waals surface area contributed by atoms with Crippen LogP contribution in [0.5, 0.6) is 0 Å². The van der Waals surface area contributed by atoms with Crippen LogP contribution < -0.4 is 0 Å². The van der Waals surface area contributed by atoms with Crippen molar-refractivity contribution in [2.45, 2.75) is 117 Å². The first-order chi connectivity index (χ1) is 15.8. The summed E-state index contributed by atoms with van der Waals surface area (Å²) in [5.41, 5.74) is 6.17. The van der Waals surface area contributed by atoms with Gasteiger partial charge in [0.05, 0.1) is 0 Å². The predicted octanol–water partition coefficient (Wildman–Crippen LogP) is 9.52. The molecule has 1 aliphatic carbocycles. The van der Waals surface area contributed by atoms with E-state index < -0.39 is 0 Å². The molecule has 0 saturated heterocycles. The average molecular weight is 433 g/mol. The SMILES string of the molecule is CCCCCCc1ccc(CC2CCC(Cc3ccc(CCCCCC)cc3)CC2)cc1. The zero-order chi connectivity index (χ0) is 22.4. The Balaban J connectivity index is 1.34. The average Bonchev–Trinajstić information content (AvgIpc) is 2.83. The van der Waals surface area contributed by atoms with Gasteiger partial charge in [0.2, 0.25) is 0 Å². The number of hydrogen-bond acceptors (Lipinski definition) is 0. The molecule has 0 radical (unpaired) electrons. The van der Waals surface area contributed by atoms with Crippen molar-refractivity contribution in [1.82, 2.24) is 0 Å². The topological polar surface area (TPSA) is 0 Å². The fourth-order valence-electron chi connectivity index (χ4n) is 5.50. The van der Waals surface area contributed by atoms with E-state index in [2.05, 4.69) is 62.4 Å². The highest BCUT2D eigenvalue weighted by Gasteiger charge is 2.21. The molecule has 32 heavy (non-hydrogen) atoms. The molecule has 0 heteroatoms. The van der Waals surface area contributed by atoms with Crippen LogP contribution in [0.4, 0.5) is 0 Å². The fourth-order valence-corrected chi connectivity index (χ4v) is 5.50. The third-order valence-corrected chi connectivity index (χ3v) is 7.70. The van der Waals surface area contributed by atoms with Crippen LogP contribution in [0.1, 0.15) is 113 Å². The van der Waals surface area contributed by atoms with Gasteiger partial charge in [-0.25, -0.2) is 0 Å². The van der Waals surface area contributed by atoms with Gasteiger partial charge in [-0.15, -0.1) is 0 Å². The second-order valence-corrected chi connectivity index (χ2v) is 10.5. The highest BCUT2D eigenvalue weighted by Crippen LogP contribution is 2.33. The molecule has 0 N–H and O–H groups in total. The Kier molecular flexibility index (Phi) is 11.4. The Morgan fingerprint density at radius 1 is 0.469 bits per heavy atom. The largest absolute Gasteiger partial charge is 0.0654 e. The predicted molar refractivity (Wildman–Crippen MR) is 141 cm³/mol. The molecule has 1 fully saturated rings. The van der Waals surface area contributed by atoms with Crippen molar-refractivity contribution in [3.63, 3.8) is 0 Å². The number of aryl methyl sites for hydroxylation is 2. The van der Waals surface area contributed by atoms with Crippen molar-refractivity contribution >= 4 is 0 Å². The zero-order valence-electron chi connectivity index (χ0n) is 21.1. The summed E-state index contributed by atoms with van der Waals surface area (Å²) in [6.07, 6.45) is 21.6. The Hall–Kier alpha value is -1.56. The minimum absolute atomic E-state index is 0.896. The minimum atomic E-state index is 0.896. The molecular weight excluding hydrogens is 384 g/mol. The van der Waals surface area contributed by atoms with Crippen LogP contribution in [0.3, 0.4) is 0 Å². The van der Waals surface area contributed by atoms with Crippen LogP contribution in [0.15, 0.2) is 48.5 Å². The molecule has 0 spiro atoms.